The van der Waals surface area contributed by atoms with Crippen molar-refractivity contribution in [3.8, 4) is 17.2 Å². The number of ether oxygens (including phenoxy) is 3. The Morgan fingerprint density at radius 3 is 1.97 bits per heavy atom. The molecule has 0 bridgehead atoms. The van der Waals surface area contributed by atoms with Crippen LogP contribution in [0.3, 0.4) is 0 Å². The lowest BCUT2D eigenvalue weighted by Crippen LogP contribution is -2.30. The molecule has 5 nitrogen and oxygen atoms in total. The Balaban J connectivity index is 1.84. The summed E-state index contributed by atoms with van der Waals surface area (Å²) in [6.07, 6.45) is 0.766. The predicted octanol–water partition coefficient (Wildman–Crippen LogP) is 5.28. The van der Waals surface area contributed by atoms with Crippen molar-refractivity contribution in [3.05, 3.63) is 89.5 Å². The van der Waals surface area contributed by atoms with Crippen molar-refractivity contribution in [2.24, 2.45) is 0 Å². The second-order valence-electron chi connectivity index (χ2n) is 7.65. The number of nitrogens with zero attached hydrogens (tertiary/aromatic N) is 1. The number of rotatable bonds is 10. The highest BCUT2D eigenvalue weighted by Crippen LogP contribution is 2.35. The van der Waals surface area contributed by atoms with Gasteiger partial charge in [0.15, 0.2) is 0 Å². The van der Waals surface area contributed by atoms with Gasteiger partial charge in [-0.3, -0.25) is 4.79 Å². The third-order valence-electron chi connectivity index (χ3n) is 5.70. The highest BCUT2D eigenvalue weighted by atomic mass is 16.5. The van der Waals surface area contributed by atoms with E-state index in [-0.39, 0.29) is 11.8 Å². The average molecular weight is 434 g/mol. The van der Waals surface area contributed by atoms with E-state index in [4.69, 9.17) is 14.2 Å². The lowest BCUT2D eigenvalue weighted by Gasteiger charge is -2.26. The van der Waals surface area contributed by atoms with E-state index in [9.17, 15) is 4.79 Å². The molecule has 0 aliphatic carbocycles. The Morgan fingerprint density at radius 1 is 0.812 bits per heavy atom. The topological polar surface area (TPSA) is 48.0 Å². The first-order valence-corrected chi connectivity index (χ1v) is 10.7. The minimum Gasteiger partial charge on any atom is -0.497 e. The van der Waals surface area contributed by atoms with Crippen LogP contribution in [0.4, 0.5) is 0 Å². The van der Waals surface area contributed by atoms with E-state index in [1.165, 1.54) is 0 Å². The third-order valence-corrected chi connectivity index (χ3v) is 5.70. The first kappa shape index (κ1) is 23.2. The summed E-state index contributed by atoms with van der Waals surface area (Å²) >= 11 is 0. The van der Waals surface area contributed by atoms with Gasteiger partial charge in [0, 0.05) is 31.5 Å². The number of methoxy groups -OCH3 is 3. The molecule has 1 atom stereocenters. The molecule has 3 aromatic rings. The summed E-state index contributed by atoms with van der Waals surface area (Å²) in [7, 11) is 5.00. The molecule has 5 heteroatoms. The third kappa shape index (κ3) is 5.82. The molecular formula is C27H31NO4. The monoisotopic (exact) mass is 433 g/mol. The van der Waals surface area contributed by atoms with Crippen LogP contribution in [-0.2, 0) is 11.3 Å². The number of carbonyl (C=O) groups is 1. The van der Waals surface area contributed by atoms with Crippen LogP contribution in [-0.4, -0.2) is 38.7 Å². The molecule has 0 saturated carbocycles. The van der Waals surface area contributed by atoms with Gasteiger partial charge in [0.05, 0.1) is 21.3 Å². The van der Waals surface area contributed by atoms with Gasteiger partial charge >= 0.3 is 0 Å². The highest BCUT2D eigenvalue weighted by Gasteiger charge is 2.21. The molecule has 0 aliphatic heterocycles. The molecule has 0 fully saturated rings. The molecule has 1 amide bonds. The zero-order valence-corrected chi connectivity index (χ0v) is 19.2. The first-order chi connectivity index (χ1) is 15.5. The van der Waals surface area contributed by atoms with Gasteiger partial charge in [-0.05, 0) is 47.9 Å². The molecule has 168 valence electrons. The molecule has 0 radical (unpaired) electrons. The molecule has 3 rings (SSSR count). The lowest BCUT2D eigenvalue weighted by molar-refractivity contribution is -0.129. The fraction of sp³-hybridized carbons (Fsp3) is 0.296. The summed E-state index contributed by atoms with van der Waals surface area (Å²) in [5.74, 6) is 2.60. The Morgan fingerprint density at radius 2 is 1.41 bits per heavy atom. The van der Waals surface area contributed by atoms with E-state index in [2.05, 4.69) is 18.2 Å². The maximum absolute atomic E-state index is 12.4. The number of para-hydroxylation sites is 1. The fourth-order valence-electron chi connectivity index (χ4n) is 3.88. The maximum Gasteiger partial charge on any atom is 0.219 e. The summed E-state index contributed by atoms with van der Waals surface area (Å²) in [4.78, 5) is 14.3. The second kappa shape index (κ2) is 11.2. The molecule has 0 aromatic heterocycles. The predicted molar refractivity (Wildman–Crippen MR) is 127 cm³/mol. The molecular weight excluding hydrogens is 402 g/mol. The smallest absolute Gasteiger partial charge is 0.219 e. The van der Waals surface area contributed by atoms with Crippen LogP contribution >= 0.6 is 0 Å². The van der Waals surface area contributed by atoms with Crippen molar-refractivity contribution >= 4 is 5.91 Å². The Hall–Kier alpha value is -3.47. The van der Waals surface area contributed by atoms with Crippen molar-refractivity contribution < 1.29 is 19.0 Å². The molecule has 0 N–H and O–H groups in total. The Bertz CT molecular complexity index is 999. The quantitative estimate of drug-likeness (QED) is 0.436. The van der Waals surface area contributed by atoms with Crippen LogP contribution in [0.1, 0.15) is 36.0 Å². The molecule has 0 saturated heterocycles. The number of hydrogen-bond donors (Lipinski definition) is 0. The minimum absolute atomic E-state index is 0.0503. The van der Waals surface area contributed by atoms with Crippen LogP contribution in [0, 0.1) is 0 Å². The fourth-order valence-corrected chi connectivity index (χ4v) is 3.88. The Labute approximate surface area is 190 Å². The highest BCUT2D eigenvalue weighted by molar-refractivity contribution is 5.73. The van der Waals surface area contributed by atoms with Crippen molar-refractivity contribution in [1.82, 2.24) is 4.90 Å². The van der Waals surface area contributed by atoms with Gasteiger partial charge in [0.2, 0.25) is 5.91 Å². The number of benzene rings is 3. The summed E-state index contributed by atoms with van der Waals surface area (Å²) in [5.41, 5.74) is 3.33. The zero-order chi connectivity index (χ0) is 22.9. The van der Waals surface area contributed by atoms with Crippen molar-refractivity contribution in [2.45, 2.75) is 25.8 Å². The van der Waals surface area contributed by atoms with Crippen molar-refractivity contribution in [2.75, 3.05) is 27.9 Å². The first-order valence-electron chi connectivity index (χ1n) is 10.7. The largest absolute Gasteiger partial charge is 0.497 e. The van der Waals surface area contributed by atoms with Gasteiger partial charge in [-0.2, -0.15) is 0 Å². The average Bonchev–Trinajstić information content (AvgIpc) is 2.84. The summed E-state index contributed by atoms with van der Waals surface area (Å²) in [6.45, 7) is 2.80. The molecule has 0 heterocycles. The standard InChI is InChI=1S/C27H31NO4/c1-20(29)28(19-21-9-13-23(30-2)14-10-21)18-17-25(22-11-15-24(31-3)16-12-22)26-7-5-6-8-27(26)32-4/h5-16,25H,17-19H2,1-4H3/t25-/m1/s1. The molecule has 32 heavy (non-hydrogen) atoms. The number of carbonyl (C=O) groups excluding carboxylic acids is 1. The zero-order valence-electron chi connectivity index (χ0n) is 19.2. The maximum atomic E-state index is 12.4. The van der Waals surface area contributed by atoms with E-state index >= 15 is 0 Å². The lowest BCUT2D eigenvalue weighted by atomic mass is 9.87. The van der Waals surface area contributed by atoms with E-state index in [0.29, 0.717) is 13.1 Å². The molecule has 0 aliphatic rings. The summed E-state index contributed by atoms with van der Waals surface area (Å²) in [6, 6.07) is 24.0. The van der Waals surface area contributed by atoms with Crippen LogP contribution < -0.4 is 14.2 Å². The summed E-state index contributed by atoms with van der Waals surface area (Å²) in [5, 5.41) is 0. The Kier molecular flexibility index (Phi) is 8.14. The van der Waals surface area contributed by atoms with Gasteiger partial charge in [-0.15, -0.1) is 0 Å². The number of hydrogen-bond acceptors (Lipinski definition) is 4. The van der Waals surface area contributed by atoms with E-state index in [1.54, 1.807) is 28.3 Å². The van der Waals surface area contributed by atoms with Gasteiger partial charge in [0.1, 0.15) is 17.2 Å². The molecule has 0 spiro atoms. The van der Waals surface area contributed by atoms with Crippen LogP contribution in [0.15, 0.2) is 72.8 Å². The van der Waals surface area contributed by atoms with E-state index in [0.717, 1.165) is 40.4 Å². The normalized spacial score (nSPS) is 11.5. The van der Waals surface area contributed by atoms with Crippen LogP contribution in [0.2, 0.25) is 0 Å². The van der Waals surface area contributed by atoms with Gasteiger partial charge in [-0.25, -0.2) is 0 Å². The minimum atomic E-state index is 0.0503. The molecule has 3 aromatic carbocycles. The van der Waals surface area contributed by atoms with Crippen LogP contribution in [0.25, 0.3) is 0 Å². The second-order valence-corrected chi connectivity index (χ2v) is 7.65. The van der Waals surface area contributed by atoms with Gasteiger partial charge < -0.3 is 19.1 Å². The van der Waals surface area contributed by atoms with Crippen LogP contribution in [0.5, 0.6) is 17.2 Å². The van der Waals surface area contributed by atoms with Crippen molar-refractivity contribution in [3.63, 3.8) is 0 Å². The van der Waals surface area contributed by atoms with E-state index < -0.39 is 0 Å². The number of amides is 1. The van der Waals surface area contributed by atoms with Gasteiger partial charge in [-0.1, -0.05) is 42.5 Å². The van der Waals surface area contributed by atoms with E-state index in [1.807, 2.05) is 59.5 Å². The SMILES string of the molecule is COc1ccc(CN(CC[C@H](c2ccc(OC)cc2)c2ccccc2OC)C(C)=O)cc1. The van der Waals surface area contributed by atoms with Crippen molar-refractivity contribution in [1.29, 1.82) is 0 Å². The van der Waals surface area contributed by atoms with Gasteiger partial charge in [0.25, 0.3) is 0 Å². The molecule has 0 unspecified atom stereocenters. The summed E-state index contributed by atoms with van der Waals surface area (Å²) < 4.78 is 16.2.